The molecule has 0 aliphatic carbocycles. The minimum atomic E-state index is 0.253. The van der Waals surface area contributed by atoms with Crippen LogP contribution in [0.25, 0.3) is 33.3 Å². The topological polar surface area (TPSA) is 25.4 Å². The second-order valence-electron chi connectivity index (χ2n) is 9.70. The molecule has 0 fully saturated rings. The first-order valence-corrected chi connectivity index (χ1v) is 14.7. The van der Waals surface area contributed by atoms with Crippen molar-refractivity contribution in [3.05, 3.63) is 127 Å². The first-order valence-electron chi connectivity index (χ1n) is 13.0. The third-order valence-electron chi connectivity index (χ3n) is 7.24. The maximum atomic E-state index is 5.44. The Morgan fingerprint density at radius 2 is 1.26 bits per heavy atom. The van der Waals surface area contributed by atoms with E-state index in [1.165, 1.54) is 25.9 Å². The summed E-state index contributed by atoms with van der Waals surface area (Å²) >= 11 is 0.253. The average Bonchev–Trinajstić information content (AvgIpc) is 2.99. The van der Waals surface area contributed by atoms with E-state index in [1.807, 2.05) is 12.1 Å². The van der Waals surface area contributed by atoms with Crippen LogP contribution in [0.4, 0.5) is 17.1 Å². The van der Waals surface area contributed by atoms with Crippen LogP contribution in [0.3, 0.4) is 0 Å². The van der Waals surface area contributed by atoms with Crippen molar-refractivity contribution in [2.75, 3.05) is 12.0 Å². The Hall–Kier alpha value is -4.37. The molecule has 0 unspecified atom stereocenters. The fourth-order valence-electron chi connectivity index (χ4n) is 5.26. The summed E-state index contributed by atoms with van der Waals surface area (Å²) in [5, 5.41) is 1.12. The van der Waals surface area contributed by atoms with Crippen molar-refractivity contribution >= 4 is 51.8 Å². The van der Waals surface area contributed by atoms with Gasteiger partial charge in [0.2, 0.25) is 0 Å². The summed E-state index contributed by atoms with van der Waals surface area (Å²) in [6.07, 6.45) is 0. The van der Waals surface area contributed by atoms with Crippen molar-refractivity contribution in [2.24, 2.45) is 0 Å². The standard InChI is InChI=1S/C35H26N2OSe/c1-23-14-16-25(17-15-23)29-22-28(24-18-20-26(38-2)21-19-24)27-8-7-11-32(35(27)36-29)37-30-9-3-5-12-33(30)39-34-13-6-4-10-31(34)37/h3-22H,1-2H3. The van der Waals surface area contributed by atoms with Crippen molar-refractivity contribution in [1.29, 1.82) is 0 Å². The van der Waals surface area contributed by atoms with E-state index in [0.29, 0.717) is 0 Å². The van der Waals surface area contributed by atoms with Gasteiger partial charge in [0, 0.05) is 0 Å². The predicted molar refractivity (Wildman–Crippen MR) is 164 cm³/mol. The number of hydrogen-bond donors (Lipinski definition) is 0. The Morgan fingerprint density at radius 3 is 1.92 bits per heavy atom. The molecule has 0 bridgehead atoms. The van der Waals surface area contributed by atoms with Crippen LogP contribution in [0.15, 0.2) is 121 Å². The molecule has 0 radical (unpaired) electrons. The SMILES string of the molecule is COc1ccc(-c2cc(-c3ccc(C)cc3)nc3c(N4c5ccccc5[Se]c5ccccc54)cccc23)cc1. The van der Waals surface area contributed by atoms with E-state index >= 15 is 0 Å². The second kappa shape index (κ2) is 9.74. The van der Waals surface area contributed by atoms with E-state index in [0.717, 1.165) is 44.7 Å². The van der Waals surface area contributed by atoms with E-state index < -0.39 is 0 Å². The molecule has 0 amide bonds. The number of nitrogens with zero attached hydrogens (tertiary/aromatic N) is 2. The number of rotatable bonds is 4. The van der Waals surface area contributed by atoms with E-state index in [2.05, 4.69) is 121 Å². The van der Waals surface area contributed by atoms with Gasteiger partial charge in [-0.2, -0.15) is 0 Å². The van der Waals surface area contributed by atoms with E-state index in [9.17, 15) is 0 Å². The fraction of sp³-hybridized carbons (Fsp3) is 0.0571. The summed E-state index contributed by atoms with van der Waals surface area (Å²) in [7, 11) is 1.70. The number of aromatic nitrogens is 1. The van der Waals surface area contributed by atoms with Crippen molar-refractivity contribution in [2.45, 2.75) is 6.92 Å². The number of hydrogen-bond acceptors (Lipinski definition) is 3. The maximum absolute atomic E-state index is 5.44. The van der Waals surface area contributed by atoms with E-state index in [4.69, 9.17) is 9.72 Å². The van der Waals surface area contributed by atoms with Gasteiger partial charge in [0.1, 0.15) is 0 Å². The molecule has 4 heteroatoms. The molecule has 3 nitrogen and oxygen atoms in total. The van der Waals surface area contributed by atoms with Gasteiger partial charge >= 0.3 is 228 Å². The molecular weight excluding hydrogens is 543 g/mol. The first kappa shape index (κ1) is 23.7. The van der Waals surface area contributed by atoms with Gasteiger partial charge in [-0.1, -0.05) is 0 Å². The third-order valence-corrected chi connectivity index (χ3v) is 9.61. The van der Waals surface area contributed by atoms with E-state index in [-0.39, 0.29) is 15.0 Å². The van der Waals surface area contributed by atoms with Gasteiger partial charge in [0.15, 0.2) is 0 Å². The Bertz CT molecular complexity index is 1780. The van der Waals surface area contributed by atoms with Gasteiger partial charge in [-0.15, -0.1) is 0 Å². The van der Waals surface area contributed by atoms with Gasteiger partial charge in [0.25, 0.3) is 0 Å². The van der Waals surface area contributed by atoms with Crippen LogP contribution in [0.2, 0.25) is 0 Å². The molecule has 188 valence electrons. The molecule has 0 saturated heterocycles. The molecule has 1 aliphatic heterocycles. The predicted octanol–water partition coefficient (Wildman–Crippen LogP) is 7.32. The Morgan fingerprint density at radius 1 is 0.641 bits per heavy atom. The molecule has 5 aromatic carbocycles. The summed E-state index contributed by atoms with van der Waals surface area (Å²) in [5.74, 6) is 0.847. The number of anilines is 3. The van der Waals surface area contributed by atoms with E-state index in [1.54, 1.807) is 7.11 Å². The first-order chi connectivity index (χ1) is 19.2. The fourth-order valence-corrected chi connectivity index (χ4v) is 7.48. The van der Waals surface area contributed by atoms with Crippen LogP contribution in [0, 0.1) is 6.92 Å². The van der Waals surface area contributed by atoms with Gasteiger partial charge < -0.3 is 0 Å². The number of fused-ring (bicyclic) bond motifs is 3. The Labute approximate surface area is 234 Å². The number of methoxy groups -OCH3 is 1. The monoisotopic (exact) mass is 570 g/mol. The number of pyridine rings is 1. The van der Waals surface area contributed by atoms with Crippen molar-refractivity contribution in [1.82, 2.24) is 4.98 Å². The van der Waals surface area contributed by atoms with Crippen molar-refractivity contribution in [3.63, 3.8) is 0 Å². The van der Waals surface area contributed by atoms with Crippen LogP contribution in [-0.4, -0.2) is 27.1 Å². The molecule has 2 heterocycles. The molecule has 39 heavy (non-hydrogen) atoms. The molecule has 0 atom stereocenters. The molecule has 0 spiro atoms. The zero-order chi connectivity index (χ0) is 26.3. The van der Waals surface area contributed by atoms with Gasteiger partial charge in [0.05, 0.1) is 7.11 Å². The Balaban J connectivity index is 1.53. The van der Waals surface area contributed by atoms with Crippen molar-refractivity contribution in [3.8, 4) is 28.1 Å². The normalized spacial score (nSPS) is 12.2. The number of para-hydroxylation sites is 3. The molecule has 7 rings (SSSR count). The van der Waals surface area contributed by atoms with Crippen LogP contribution < -0.4 is 18.6 Å². The molecule has 1 aromatic heterocycles. The summed E-state index contributed by atoms with van der Waals surface area (Å²) in [6, 6.07) is 43.3. The zero-order valence-electron chi connectivity index (χ0n) is 21.8. The number of benzene rings is 5. The summed E-state index contributed by atoms with van der Waals surface area (Å²) < 4.78 is 8.20. The van der Waals surface area contributed by atoms with Crippen LogP contribution >= 0.6 is 0 Å². The van der Waals surface area contributed by atoms with Gasteiger partial charge in [-0.3, -0.25) is 0 Å². The summed E-state index contributed by atoms with van der Waals surface area (Å²) in [4.78, 5) is 7.76. The number of aryl methyl sites for hydroxylation is 1. The zero-order valence-corrected chi connectivity index (χ0v) is 23.5. The molecule has 6 aromatic rings. The molecule has 1 aliphatic rings. The molecular formula is C35H26N2OSe. The summed E-state index contributed by atoms with van der Waals surface area (Å²) in [6.45, 7) is 2.12. The molecule has 0 N–H and O–H groups in total. The van der Waals surface area contributed by atoms with Crippen LogP contribution in [0.1, 0.15) is 5.56 Å². The second-order valence-corrected chi connectivity index (χ2v) is 12.0. The molecule has 0 saturated carbocycles. The quantitative estimate of drug-likeness (QED) is 0.208. The summed E-state index contributed by atoms with van der Waals surface area (Å²) in [5.41, 5.74) is 10.1. The average molecular weight is 570 g/mol. The number of ether oxygens (including phenoxy) is 1. The van der Waals surface area contributed by atoms with Crippen molar-refractivity contribution < 1.29 is 4.74 Å². The van der Waals surface area contributed by atoms with Gasteiger partial charge in [-0.25, -0.2) is 0 Å². The Kier molecular flexibility index (Phi) is 5.93. The van der Waals surface area contributed by atoms with Crippen LogP contribution in [0.5, 0.6) is 5.75 Å². The third kappa shape index (κ3) is 4.19. The van der Waals surface area contributed by atoms with Crippen LogP contribution in [-0.2, 0) is 0 Å². The van der Waals surface area contributed by atoms with Gasteiger partial charge in [-0.05, 0) is 0 Å². The minimum absolute atomic E-state index is 0.253.